The fourth-order valence-corrected chi connectivity index (χ4v) is 3.86. The number of ether oxygens (including phenoxy) is 1. The second kappa shape index (κ2) is 6.57. The van der Waals surface area contributed by atoms with Crippen molar-refractivity contribution in [2.45, 2.75) is 5.92 Å². The van der Waals surface area contributed by atoms with Gasteiger partial charge in [-0.1, -0.05) is 42.5 Å². The van der Waals surface area contributed by atoms with Crippen molar-refractivity contribution < 1.29 is 14.9 Å². The molecule has 5 N–H and O–H groups in total. The van der Waals surface area contributed by atoms with Crippen LogP contribution >= 0.6 is 0 Å². The van der Waals surface area contributed by atoms with Gasteiger partial charge >= 0.3 is 0 Å². The number of hydrogen-bond acceptors (Lipinski definition) is 6. The molecular formula is C23H16N4O3. The Morgan fingerprint density at radius 1 is 1.00 bits per heavy atom. The molecule has 0 fully saturated rings. The predicted octanol–water partition coefficient (Wildman–Crippen LogP) is 3.86. The topological polar surface area (TPSA) is 128 Å². The maximum absolute atomic E-state index is 10.0. The summed E-state index contributed by atoms with van der Waals surface area (Å²) >= 11 is 0. The Labute approximate surface area is 171 Å². The number of benzene rings is 3. The van der Waals surface area contributed by atoms with Crippen molar-refractivity contribution in [2.75, 3.05) is 0 Å². The van der Waals surface area contributed by atoms with E-state index in [9.17, 15) is 15.5 Å². The lowest BCUT2D eigenvalue weighted by Crippen LogP contribution is -2.20. The van der Waals surface area contributed by atoms with E-state index in [-0.39, 0.29) is 28.8 Å². The van der Waals surface area contributed by atoms with Crippen LogP contribution in [0.2, 0.25) is 0 Å². The molecule has 1 aromatic heterocycles. The van der Waals surface area contributed by atoms with Crippen LogP contribution in [0.15, 0.2) is 72.1 Å². The van der Waals surface area contributed by atoms with Crippen LogP contribution in [0.3, 0.4) is 0 Å². The van der Waals surface area contributed by atoms with Gasteiger partial charge in [0.1, 0.15) is 11.6 Å². The van der Waals surface area contributed by atoms with E-state index in [1.165, 1.54) is 12.1 Å². The number of H-pyrrole nitrogens is 1. The number of nitrogens with two attached hydrogens (primary N) is 1. The molecule has 0 radical (unpaired) electrons. The summed E-state index contributed by atoms with van der Waals surface area (Å²) in [6.45, 7) is 0. The van der Waals surface area contributed by atoms with Gasteiger partial charge in [-0.2, -0.15) is 5.26 Å². The first-order valence-corrected chi connectivity index (χ1v) is 9.23. The van der Waals surface area contributed by atoms with E-state index in [0.29, 0.717) is 16.8 Å². The molecule has 0 amide bonds. The van der Waals surface area contributed by atoms with E-state index < -0.39 is 5.92 Å². The summed E-state index contributed by atoms with van der Waals surface area (Å²) in [5.41, 5.74) is 8.98. The van der Waals surface area contributed by atoms with E-state index in [0.717, 1.165) is 16.3 Å². The SMILES string of the molecule is N#CC1=C(N)Oc2n[nH]c(-c3ccc4ccccc4c3)c2[C@@H]1c1ccc(O)c(O)c1. The van der Waals surface area contributed by atoms with Crippen LogP contribution in [-0.2, 0) is 0 Å². The van der Waals surface area contributed by atoms with Crippen molar-refractivity contribution in [3.8, 4) is 34.7 Å². The molecule has 146 valence electrons. The smallest absolute Gasteiger partial charge is 0.244 e. The van der Waals surface area contributed by atoms with Crippen molar-refractivity contribution in [1.82, 2.24) is 10.2 Å². The number of phenols is 2. The average Bonchev–Trinajstić information content (AvgIpc) is 3.17. The Kier molecular flexibility index (Phi) is 3.86. The molecule has 7 nitrogen and oxygen atoms in total. The molecule has 3 aromatic carbocycles. The van der Waals surface area contributed by atoms with Crippen molar-refractivity contribution in [1.29, 1.82) is 5.26 Å². The first-order chi connectivity index (χ1) is 14.6. The number of phenolic OH excluding ortho intramolecular Hbond substituents is 2. The minimum atomic E-state index is -0.620. The fraction of sp³-hybridized carbons (Fsp3) is 0.0435. The Morgan fingerprint density at radius 2 is 1.80 bits per heavy atom. The number of hydrogen-bond donors (Lipinski definition) is 4. The summed E-state index contributed by atoms with van der Waals surface area (Å²) in [6, 6.07) is 20.6. The van der Waals surface area contributed by atoms with Gasteiger partial charge in [0.05, 0.1) is 17.2 Å². The van der Waals surface area contributed by atoms with Gasteiger partial charge < -0.3 is 20.7 Å². The third-order valence-electron chi connectivity index (χ3n) is 5.31. The van der Waals surface area contributed by atoms with Gasteiger partial charge in [-0.3, -0.25) is 5.10 Å². The summed E-state index contributed by atoms with van der Waals surface area (Å²) in [5.74, 6) is -0.924. The number of nitrogens with zero attached hydrogens (tertiary/aromatic N) is 2. The average molecular weight is 396 g/mol. The van der Waals surface area contributed by atoms with Crippen LogP contribution in [-0.4, -0.2) is 20.4 Å². The number of allylic oxidation sites excluding steroid dienone is 1. The normalized spacial score (nSPS) is 15.5. The number of rotatable bonds is 2. The van der Waals surface area contributed by atoms with Crippen LogP contribution in [0.5, 0.6) is 17.4 Å². The van der Waals surface area contributed by atoms with Gasteiger partial charge in [0, 0.05) is 5.56 Å². The molecule has 2 heterocycles. The van der Waals surface area contributed by atoms with Crippen molar-refractivity contribution >= 4 is 10.8 Å². The zero-order valence-electron chi connectivity index (χ0n) is 15.6. The standard InChI is InChI=1S/C23H16N4O3/c24-11-16-19(14-7-8-17(28)18(29)10-14)20-21(26-27-23(20)30-22(16)25)15-6-5-12-3-1-2-4-13(12)9-15/h1-10,19,28-29H,25H2,(H,26,27)/t19-/m1/s1. The Bertz CT molecular complexity index is 1380. The van der Waals surface area contributed by atoms with Crippen LogP contribution < -0.4 is 10.5 Å². The number of aromatic nitrogens is 2. The molecule has 0 saturated carbocycles. The molecule has 1 aliphatic rings. The molecule has 1 aliphatic heterocycles. The van der Waals surface area contributed by atoms with Gasteiger partial charge in [0.15, 0.2) is 11.5 Å². The summed E-state index contributed by atoms with van der Waals surface area (Å²) < 4.78 is 5.61. The highest BCUT2D eigenvalue weighted by Crippen LogP contribution is 2.47. The summed E-state index contributed by atoms with van der Waals surface area (Å²) in [5, 5.41) is 38.9. The molecule has 0 aliphatic carbocycles. The van der Waals surface area contributed by atoms with E-state index in [1.807, 2.05) is 42.5 Å². The number of nitriles is 1. The van der Waals surface area contributed by atoms with Gasteiger partial charge in [-0.25, -0.2) is 0 Å². The third kappa shape index (κ3) is 2.63. The van der Waals surface area contributed by atoms with Crippen molar-refractivity contribution in [3.63, 3.8) is 0 Å². The molecular weight excluding hydrogens is 380 g/mol. The lowest BCUT2D eigenvalue weighted by Gasteiger charge is -2.24. The second-order valence-corrected chi connectivity index (χ2v) is 7.05. The zero-order valence-corrected chi connectivity index (χ0v) is 15.6. The highest BCUT2D eigenvalue weighted by Gasteiger charge is 2.36. The van der Waals surface area contributed by atoms with Crippen LogP contribution in [0, 0.1) is 11.3 Å². The molecule has 7 heteroatoms. The summed E-state index contributed by atoms with van der Waals surface area (Å²) in [6.07, 6.45) is 0. The minimum absolute atomic E-state index is 0.0425. The van der Waals surface area contributed by atoms with Gasteiger partial charge in [0.2, 0.25) is 11.8 Å². The molecule has 0 unspecified atom stereocenters. The lowest BCUT2D eigenvalue weighted by molar-refractivity contribution is 0.378. The van der Waals surface area contributed by atoms with E-state index in [2.05, 4.69) is 16.3 Å². The van der Waals surface area contributed by atoms with Crippen molar-refractivity contribution in [2.24, 2.45) is 5.73 Å². The molecule has 5 rings (SSSR count). The summed E-state index contributed by atoms with van der Waals surface area (Å²) in [4.78, 5) is 0. The first-order valence-electron chi connectivity index (χ1n) is 9.23. The van der Waals surface area contributed by atoms with Gasteiger partial charge in [-0.15, -0.1) is 5.10 Å². The molecule has 0 saturated heterocycles. The number of aromatic hydroxyl groups is 2. The zero-order chi connectivity index (χ0) is 20.8. The van der Waals surface area contributed by atoms with Crippen molar-refractivity contribution in [3.05, 3.63) is 83.2 Å². The van der Waals surface area contributed by atoms with Crippen LogP contribution in [0.1, 0.15) is 17.0 Å². The van der Waals surface area contributed by atoms with Gasteiger partial charge in [0.25, 0.3) is 0 Å². The summed E-state index contributed by atoms with van der Waals surface area (Å²) in [7, 11) is 0. The quantitative estimate of drug-likeness (QED) is 0.381. The fourth-order valence-electron chi connectivity index (χ4n) is 3.86. The number of fused-ring (bicyclic) bond motifs is 2. The maximum Gasteiger partial charge on any atom is 0.244 e. The molecule has 30 heavy (non-hydrogen) atoms. The Balaban J connectivity index is 1.74. The largest absolute Gasteiger partial charge is 0.504 e. The molecule has 1 atom stereocenters. The van der Waals surface area contributed by atoms with Crippen LogP contribution in [0.4, 0.5) is 0 Å². The van der Waals surface area contributed by atoms with E-state index >= 15 is 0 Å². The first kappa shape index (κ1) is 17.6. The second-order valence-electron chi connectivity index (χ2n) is 7.05. The molecule has 0 spiro atoms. The van der Waals surface area contributed by atoms with Gasteiger partial charge in [-0.05, 0) is 34.5 Å². The Morgan fingerprint density at radius 3 is 2.57 bits per heavy atom. The number of aromatic amines is 1. The van der Waals surface area contributed by atoms with E-state index in [4.69, 9.17) is 10.5 Å². The molecule has 0 bridgehead atoms. The van der Waals surface area contributed by atoms with E-state index in [1.54, 1.807) is 6.07 Å². The highest BCUT2D eigenvalue weighted by atomic mass is 16.5. The minimum Gasteiger partial charge on any atom is -0.504 e. The molecule has 4 aromatic rings. The monoisotopic (exact) mass is 396 g/mol. The predicted molar refractivity (Wildman–Crippen MR) is 111 cm³/mol. The Hall–Kier alpha value is -4.44. The number of nitrogens with one attached hydrogen (secondary N) is 1. The highest BCUT2D eigenvalue weighted by molar-refractivity contribution is 5.87. The van der Waals surface area contributed by atoms with Crippen LogP contribution in [0.25, 0.3) is 22.0 Å². The maximum atomic E-state index is 10.0. The third-order valence-corrected chi connectivity index (χ3v) is 5.31. The lowest BCUT2D eigenvalue weighted by atomic mass is 9.82.